The molecule has 22 heavy (non-hydrogen) atoms. The fraction of sp³-hybridized carbons (Fsp3) is 0.667. The summed E-state index contributed by atoms with van der Waals surface area (Å²) in [4.78, 5) is 28.7. The van der Waals surface area contributed by atoms with Gasteiger partial charge in [0.05, 0.1) is 13.2 Å². The molecular formula is C15H24N2O4S. The van der Waals surface area contributed by atoms with Gasteiger partial charge in [-0.05, 0) is 33.6 Å². The van der Waals surface area contributed by atoms with Crippen molar-refractivity contribution in [3.05, 3.63) is 15.6 Å². The number of carbonyl (C=O) groups is 2. The highest BCUT2D eigenvalue weighted by molar-refractivity contribution is 7.12. The first-order valence-corrected chi connectivity index (χ1v) is 7.92. The molecule has 1 amide bonds. The highest BCUT2D eigenvalue weighted by Crippen LogP contribution is 2.29. The van der Waals surface area contributed by atoms with Crippen molar-refractivity contribution in [2.75, 3.05) is 7.11 Å². The van der Waals surface area contributed by atoms with Crippen LogP contribution in [0.4, 0.5) is 4.79 Å². The summed E-state index contributed by atoms with van der Waals surface area (Å²) in [6.07, 6.45) is -0.501. The smallest absolute Gasteiger partial charge is 0.408 e. The molecule has 0 aliphatic rings. The van der Waals surface area contributed by atoms with Gasteiger partial charge >= 0.3 is 12.1 Å². The molecule has 0 saturated heterocycles. The summed E-state index contributed by atoms with van der Waals surface area (Å²) in [6.45, 7) is 11.2. The Labute approximate surface area is 135 Å². The van der Waals surface area contributed by atoms with Crippen molar-refractivity contribution in [1.82, 2.24) is 10.3 Å². The van der Waals surface area contributed by atoms with E-state index in [1.165, 1.54) is 18.4 Å². The topological polar surface area (TPSA) is 77.5 Å². The van der Waals surface area contributed by atoms with Crippen LogP contribution in [0.2, 0.25) is 0 Å². The highest BCUT2D eigenvalue weighted by atomic mass is 32.1. The Balaban J connectivity index is 2.97. The fourth-order valence-electron chi connectivity index (χ4n) is 1.78. The van der Waals surface area contributed by atoms with Gasteiger partial charge in [-0.3, -0.25) is 0 Å². The van der Waals surface area contributed by atoms with Crippen molar-refractivity contribution in [2.24, 2.45) is 5.92 Å². The van der Waals surface area contributed by atoms with Gasteiger partial charge in [-0.2, -0.15) is 0 Å². The molecule has 1 unspecified atom stereocenters. The van der Waals surface area contributed by atoms with Crippen LogP contribution in [0.5, 0.6) is 0 Å². The summed E-state index contributed by atoms with van der Waals surface area (Å²) in [5.41, 5.74) is -0.277. The van der Waals surface area contributed by atoms with E-state index in [2.05, 4.69) is 10.3 Å². The Bertz CT molecular complexity index is 546. The second kappa shape index (κ2) is 7.09. The lowest BCUT2D eigenvalue weighted by atomic mass is 10.1. The van der Waals surface area contributed by atoms with E-state index < -0.39 is 17.7 Å². The number of carbonyl (C=O) groups excluding carboxylic acids is 2. The lowest BCUT2D eigenvalue weighted by Crippen LogP contribution is -2.36. The number of nitrogens with zero attached hydrogens (tertiary/aromatic N) is 1. The minimum absolute atomic E-state index is 0.101. The first kappa shape index (κ1) is 18.4. The van der Waals surface area contributed by atoms with E-state index in [1.54, 1.807) is 27.7 Å². The molecule has 0 spiro atoms. The number of alkyl carbamates (subject to hydrolysis) is 1. The SMILES string of the molecule is COC(=O)c1nc(C(NC(=O)OC(C)(C)C)C(C)C)sc1C. The molecule has 1 atom stereocenters. The van der Waals surface area contributed by atoms with Crippen molar-refractivity contribution in [3.63, 3.8) is 0 Å². The van der Waals surface area contributed by atoms with E-state index in [-0.39, 0.29) is 12.0 Å². The number of thiazole rings is 1. The van der Waals surface area contributed by atoms with E-state index in [9.17, 15) is 9.59 Å². The van der Waals surface area contributed by atoms with Gasteiger partial charge in [0.15, 0.2) is 5.69 Å². The summed E-state index contributed by atoms with van der Waals surface area (Å²) in [6, 6.07) is -0.322. The summed E-state index contributed by atoms with van der Waals surface area (Å²) in [5.74, 6) is -0.372. The van der Waals surface area contributed by atoms with Gasteiger partial charge in [-0.15, -0.1) is 11.3 Å². The molecule has 124 valence electrons. The number of hydrogen-bond donors (Lipinski definition) is 1. The van der Waals surface area contributed by atoms with Gasteiger partial charge in [-0.1, -0.05) is 13.8 Å². The van der Waals surface area contributed by atoms with Crippen LogP contribution < -0.4 is 5.32 Å². The largest absolute Gasteiger partial charge is 0.464 e. The molecule has 1 heterocycles. The molecule has 0 aliphatic heterocycles. The summed E-state index contributed by atoms with van der Waals surface area (Å²) < 4.78 is 9.99. The first-order valence-electron chi connectivity index (χ1n) is 7.10. The first-order chi connectivity index (χ1) is 10.0. The number of aryl methyl sites for hydroxylation is 1. The number of methoxy groups -OCH3 is 1. The minimum Gasteiger partial charge on any atom is -0.464 e. The van der Waals surface area contributed by atoms with Crippen LogP contribution in [0.25, 0.3) is 0 Å². The zero-order valence-corrected chi connectivity index (χ0v) is 15.0. The predicted octanol–water partition coefficient (Wildman–Crippen LogP) is 3.46. The van der Waals surface area contributed by atoms with Crippen molar-refractivity contribution in [2.45, 2.75) is 53.2 Å². The Hall–Kier alpha value is -1.63. The van der Waals surface area contributed by atoms with Gasteiger partial charge in [0, 0.05) is 4.88 Å². The minimum atomic E-state index is -0.568. The van der Waals surface area contributed by atoms with E-state index >= 15 is 0 Å². The Kier molecular flexibility index (Phi) is 5.93. The lowest BCUT2D eigenvalue weighted by Gasteiger charge is -2.24. The van der Waals surface area contributed by atoms with Crippen LogP contribution in [0.15, 0.2) is 0 Å². The second-order valence-corrected chi connectivity index (χ2v) is 7.55. The maximum Gasteiger partial charge on any atom is 0.408 e. The van der Waals surface area contributed by atoms with Crippen LogP contribution in [-0.4, -0.2) is 29.8 Å². The Morgan fingerprint density at radius 1 is 1.27 bits per heavy atom. The second-order valence-electron chi connectivity index (χ2n) is 6.32. The summed E-state index contributed by atoms with van der Waals surface area (Å²) >= 11 is 1.37. The van der Waals surface area contributed by atoms with Gasteiger partial charge in [0.1, 0.15) is 10.6 Å². The van der Waals surface area contributed by atoms with Crippen LogP contribution in [-0.2, 0) is 9.47 Å². The number of ether oxygens (including phenoxy) is 2. The van der Waals surface area contributed by atoms with Crippen molar-refractivity contribution < 1.29 is 19.1 Å². The molecular weight excluding hydrogens is 304 g/mol. The molecule has 7 heteroatoms. The molecule has 0 aromatic carbocycles. The molecule has 0 saturated carbocycles. The van der Waals surface area contributed by atoms with Gasteiger partial charge < -0.3 is 14.8 Å². The van der Waals surface area contributed by atoms with Crippen LogP contribution >= 0.6 is 11.3 Å². The van der Waals surface area contributed by atoms with Crippen LogP contribution in [0.1, 0.15) is 61.0 Å². The molecule has 6 nitrogen and oxygen atoms in total. The predicted molar refractivity (Wildman–Crippen MR) is 85.1 cm³/mol. The van der Waals surface area contributed by atoms with Gasteiger partial charge in [-0.25, -0.2) is 14.6 Å². The standard InChI is InChI=1S/C15H24N2O4S/c1-8(2)10(17-14(19)21-15(4,5)6)12-16-11(9(3)22-12)13(18)20-7/h8,10H,1-7H3,(H,17,19). The Morgan fingerprint density at radius 2 is 1.86 bits per heavy atom. The van der Waals surface area contributed by atoms with E-state index in [0.717, 1.165) is 4.88 Å². The van der Waals surface area contributed by atoms with Crippen LogP contribution in [0, 0.1) is 12.8 Å². The molecule has 1 N–H and O–H groups in total. The zero-order valence-electron chi connectivity index (χ0n) is 14.1. The third-order valence-electron chi connectivity index (χ3n) is 2.80. The number of rotatable bonds is 4. The molecule has 0 radical (unpaired) electrons. The number of aromatic nitrogens is 1. The van der Waals surface area contributed by atoms with Crippen molar-refractivity contribution in [1.29, 1.82) is 0 Å². The lowest BCUT2D eigenvalue weighted by molar-refractivity contribution is 0.0489. The Morgan fingerprint density at radius 3 is 2.32 bits per heavy atom. The molecule has 1 aromatic heterocycles. The molecule has 1 aromatic rings. The third kappa shape index (κ3) is 4.98. The average Bonchev–Trinajstić information content (AvgIpc) is 2.74. The maximum atomic E-state index is 12.0. The molecule has 0 bridgehead atoms. The third-order valence-corrected chi connectivity index (χ3v) is 3.85. The average molecular weight is 328 g/mol. The van der Waals surface area contributed by atoms with E-state index in [0.29, 0.717) is 10.7 Å². The number of hydrogen-bond acceptors (Lipinski definition) is 6. The maximum absolute atomic E-state index is 12.0. The van der Waals surface area contributed by atoms with Crippen molar-refractivity contribution >= 4 is 23.4 Å². The molecule has 1 rings (SSSR count). The van der Waals surface area contributed by atoms with E-state index in [4.69, 9.17) is 9.47 Å². The molecule has 0 aliphatic carbocycles. The fourth-order valence-corrected chi connectivity index (χ4v) is 2.92. The summed E-state index contributed by atoms with van der Waals surface area (Å²) in [5, 5.41) is 3.49. The number of esters is 1. The monoisotopic (exact) mass is 328 g/mol. The quantitative estimate of drug-likeness (QED) is 0.856. The van der Waals surface area contributed by atoms with Gasteiger partial charge in [0.2, 0.25) is 0 Å². The van der Waals surface area contributed by atoms with Crippen molar-refractivity contribution in [3.8, 4) is 0 Å². The van der Waals surface area contributed by atoms with E-state index in [1.807, 2.05) is 13.8 Å². The highest BCUT2D eigenvalue weighted by Gasteiger charge is 2.27. The summed E-state index contributed by atoms with van der Waals surface area (Å²) in [7, 11) is 1.32. The number of nitrogens with one attached hydrogen (secondary N) is 1. The normalized spacial score (nSPS) is 12.9. The van der Waals surface area contributed by atoms with Crippen LogP contribution in [0.3, 0.4) is 0 Å². The van der Waals surface area contributed by atoms with Gasteiger partial charge in [0.25, 0.3) is 0 Å². The molecule has 0 fully saturated rings. The number of amides is 1. The zero-order chi connectivity index (χ0) is 17.1.